The van der Waals surface area contributed by atoms with E-state index in [0.29, 0.717) is 16.7 Å². The van der Waals surface area contributed by atoms with Gasteiger partial charge in [-0.1, -0.05) is 22.6 Å². The molecule has 132 valence electrons. The molecule has 26 heavy (non-hydrogen) atoms. The molecule has 0 aliphatic heterocycles. The number of aromatic nitrogens is 2. The summed E-state index contributed by atoms with van der Waals surface area (Å²) >= 11 is 1.47. The van der Waals surface area contributed by atoms with Crippen LogP contribution in [0, 0.1) is 20.8 Å². The van der Waals surface area contributed by atoms with Crippen LogP contribution in [0.15, 0.2) is 45.5 Å². The lowest BCUT2D eigenvalue weighted by Gasteiger charge is -2.17. The summed E-state index contributed by atoms with van der Waals surface area (Å²) in [5, 5.41) is 4.46. The van der Waals surface area contributed by atoms with E-state index in [1.807, 2.05) is 19.1 Å². The van der Waals surface area contributed by atoms with Gasteiger partial charge in [-0.3, -0.25) is 9.69 Å². The van der Waals surface area contributed by atoms with Crippen molar-refractivity contribution in [2.75, 3.05) is 4.90 Å². The normalized spacial score (nSPS) is 11.2. The van der Waals surface area contributed by atoms with Crippen molar-refractivity contribution in [3.63, 3.8) is 0 Å². The second kappa shape index (κ2) is 6.42. The molecule has 7 heteroatoms. The Balaban J connectivity index is 1.79. The van der Waals surface area contributed by atoms with Gasteiger partial charge in [0.05, 0.1) is 23.0 Å². The van der Waals surface area contributed by atoms with E-state index in [1.165, 1.54) is 16.9 Å². The van der Waals surface area contributed by atoms with Gasteiger partial charge in [-0.15, -0.1) is 0 Å². The highest BCUT2D eigenvalue weighted by atomic mass is 32.1. The van der Waals surface area contributed by atoms with Crippen LogP contribution in [0.2, 0.25) is 0 Å². The molecule has 0 aliphatic carbocycles. The van der Waals surface area contributed by atoms with E-state index >= 15 is 0 Å². The van der Waals surface area contributed by atoms with Crippen LogP contribution in [0.4, 0.5) is 5.13 Å². The van der Waals surface area contributed by atoms with Gasteiger partial charge in [-0.2, -0.15) is 0 Å². The number of nitrogens with zero attached hydrogens (tertiary/aromatic N) is 3. The molecule has 0 spiro atoms. The minimum Gasteiger partial charge on any atom is -0.467 e. The summed E-state index contributed by atoms with van der Waals surface area (Å²) in [4.78, 5) is 19.4. The Kier molecular flexibility index (Phi) is 4.08. The molecule has 1 amide bonds. The molecule has 0 unspecified atom stereocenters. The summed E-state index contributed by atoms with van der Waals surface area (Å²) in [7, 11) is 0. The average Bonchev–Trinajstić information content (AvgIpc) is 3.36. The fourth-order valence-corrected chi connectivity index (χ4v) is 3.74. The van der Waals surface area contributed by atoms with E-state index in [1.54, 1.807) is 30.2 Å². The summed E-state index contributed by atoms with van der Waals surface area (Å²) < 4.78 is 11.5. The van der Waals surface area contributed by atoms with Gasteiger partial charge in [0, 0.05) is 6.07 Å². The van der Waals surface area contributed by atoms with Crippen molar-refractivity contribution in [3.05, 3.63) is 64.9 Å². The molecule has 0 saturated heterocycles. The third-order valence-electron chi connectivity index (χ3n) is 4.29. The Bertz CT molecular complexity index is 1080. The van der Waals surface area contributed by atoms with E-state index in [2.05, 4.69) is 18.1 Å². The van der Waals surface area contributed by atoms with Crippen LogP contribution < -0.4 is 4.90 Å². The van der Waals surface area contributed by atoms with Gasteiger partial charge >= 0.3 is 0 Å². The second-order valence-electron chi connectivity index (χ2n) is 6.14. The number of thiazole rings is 1. The number of amides is 1. The third-order valence-corrected chi connectivity index (χ3v) is 5.33. The van der Waals surface area contributed by atoms with Crippen molar-refractivity contribution in [1.82, 2.24) is 10.1 Å². The Labute approximate surface area is 154 Å². The average molecular weight is 367 g/mol. The Morgan fingerprint density at radius 1 is 1.23 bits per heavy atom. The zero-order valence-electron chi connectivity index (χ0n) is 14.6. The quantitative estimate of drug-likeness (QED) is 0.525. The fourth-order valence-electron chi connectivity index (χ4n) is 2.72. The first-order valence-electron chi connectivity index (χ1n) is 8.17. The van der Waals surface area contributed by atoms with Gasteiger partial charge in [0.15, 0.2) is 10.8 Å². The molecule has 1 aromatic carbocycles. The van der Waals surface area contributed by atoms with Gasteiger partial charge in [0.1, 0.15) is 11.5 Å². The van der Waals surface area contributed by atoms with Crippen LogP contribution >= 0.6 is 11.3 Å². The number of fused-ring (bicyclic) bond motifs is 1. The maximum absolute atomic E-state index is 13.0. The first kappa shape index (κ1) is 16.5. The maximum Gasteiger partial charge on any atom is 0.282 e. The minimum atomic E-state index is -0.272. The highest BCUT2D eigenvalue weighted by molar-refractivity contribution is 7.22. The molecule has 0 bridgehead atoms. The number of carbonyl (C=O) groups is 1. The molecular formula is C19H17N3O3S. The molecule has 0 radical (unpaired) electrons. The molecule has 3 heterocycles. The van der Waals surface area contributed by atoms with E-state index in [0.717, 1.165) is 15.8 Å². The number of anilines is 1. The topological polar surface area (TPSA) is 72.4 Å². The smallest absolute Gasteiger partial charge is 0.282 e. The first-order valence-corrected chi connectivity index (χ1v) is 8.99. The van der Waals surface area contributed by atoms with Crippen LogP contribution in [0.3, 0.4) is 0 Å². The molecule has 0 aliphatic rings. The monoisotopic (exact) mass is 367 g/mol. The van der Waals surface area contributed by atoms with E-state index in [4.69, 9.17) is 13.9 Å². The zero-order chi connectivity index (χ0) is 18.3. The Morgan fingerprint density at radius 3 is 2.77 bits per heavy atom. The minimum absolute atomic E-state index is 0.251. The van der Waals surface area contributed by atoms with Crippen LogP contribution in [0.25, 0.3) is 10.2 Å². The number of rotatable bonds is 4. The van der Waals surface area contributed by atoms with Crippen LogP contribution in [-0.4, -0.2) is 16.0 Å². The maximum atomic E-state index is 13.0. The van der Waals surface area contributed by atoms with Crippen molar-refractivity contribution in [2.45, 2.75) is 27.3 Å². The van der Waals surface area contributed by atoms with Gasteiger partial charge in [0.25, 0.3) is 5.91 Å². The lowest BCUT2D eigenvalue weighted by molar-refractivity contribution is 0.0974. The molecule has 4 rings (SSSR count). The third kappa shape index (κ3) is 2.90. The first-order chi connectivity index (χ1) is 12.5. The number of furan rings is 1. The predicted octanol–water partition coefficient (Wildman–Crippen LogP) is 4.65. The molecule has 0 saturated carbocycles. The zero-order valence-corrected chi connectivity index (χ0v) is 15.5. The second-order valence-corrected chi connectivity index (χ2v) is 7.15. The summed E-state index contributed by atoms with van der Waals surface area (Å²) in [5.41, 5.74) is 3.46. The van der Waals surface area contributed by atoms with Crippen molar-refractivity contribution in [1.29, 1.82) is 0 Å². The molecular weight excluding hydrogens is 350 g/mol. The SMILES string of the molecule is Cc1cc(C(=O)N(Cc2ccco2)c2nc3c(C)c(C)ccc3s2)no1. The number of hydrogen-bond donors (Lipinski definition) is 0. The fraction of sp³-hybridized carbons (Fsp3) is 0.211. The molecule has 4 aromatic rings. The van der Waals surface area contributed by atoms with Crippen LogP contribution in [0.1, 0.15) is 33.1 Å². The number of hydrogen-bond acceptors (Lipinski definition) is 6. The molecule has 0 N–H and O–H groups in total. The van der Waals surface area contributed by atoms with Crippen molar-refractivity contribution < 1.29 is 13.7 Å². The van der Waals surface area contributed by atoms with E-state index < -0.39 is 0 Å². The van der Waals surface area contributed by atoms with Gasteiger partial charge in [-0.05, 0) is 50.1 Å². The number of carbonyl (C=O) groups excluding carboxylic acids is 1. The lowest BCUT2D eigenvalue weighted by atomic mass is 10.1. The van der Waals surface area contributed by atoms with Gasteiger partial charge in [0.2, 0.25) is 0 Å². The Morgan fingerprint density at radius 2 is 2.08 bits per heavy atom. The standard InChI is InChI=1S/C19H17N3O3S/c1-11-6-7-16-17(13(11)3)20-19(26-16)22(10-14-5-4-8-24-14)18(23)15-9-12(2)25-21-15/h4-9H,10H2,1-3H3. The highest BCUT2D eigenvalue weighted by Crippen LogP contribution is 2.33. The Hall–Kier alpha value is -2.93. The van der Waals surface area contributed by atoms with Crippen LogP contribution in [-0.2, 0) is 6.54 Å². The summed E-state index contributed by atoms with van der Waals surface area (Å²) in [5.74, 6) is 0.986. The van der Waals surface area contributed by atoms with Crippen molar-refractivity contribution in [3.8, 4) is 0 Å². The molecule has 3 aromatic heterocycles. The van der Waals surface area contributed by atoms with Gasteiger partial charge < -0.3 is 8.94 Å². The molecule has 0 atom stereocenters. The highest BCUT2D eigenvalue weighted by Gasteiger charge is 2.25. The summed E-state index contributed by atoms with van der Waals surface area (Å²) in [6.07, 6.45) is 1.59. The molecule has 0 fully saturated rings. The number of aryl methyl sites for hydroxylation is 3. The van der Waals surface area contributed by atoms with E-state index in [9.17, 15) is 4.79 Å². The lowest BCUT2D eigenvalue weighted by Crippen LogP contribution is -2.30. The molecule has 6 nitrogen and oxygen atoms in total. The van der Waals surface area contributed by atoms with Crippen molar-refractivity contribution in [2.24, 2.45) is 0 Å². The summed E-state index contributed by atoms with van der Waals surface area (Å²) in [6, 6.07) is 9.36. The largest absolute Gasteiger partial charge is 0.467 e. The van der Waals surface area contributed by atoms with Crippen LogP contribution in [0.5, 0.6) is 0 Å². The predicted molar refractivity (Wildman–Crippen MR) is 99.6 cm³/mol. The van der Waals surface area contributed by atoms with Crippen molar-refractivity contribution >= 4 is 32.6 Å². The van der Waals surface area contributed by atoms with E-state index in [-0.39, 0.29) is 18.1 Å². The number of benzene rings is 1. The van der Waals surface area contributed by atoms with Gasteiger partial charge in [-0.25, -0.2) is 4.98 Å². The summed E-state index contributed by atoms with van der Waals surface area (Å²) in [6.45, 7) is 6.12.